The van der Waals surface area contributed by atoms with Crippen LogP contribution in [-0.2, 0) is 5.41 Å². The Labute approximate surface area is 85.5 Å². The van der Waals surface area contributed by atoms with Crippen LogP contribution in [-0.4, -0.2) is 6.54 Å². The molecule has 0 spiro atoms. The molecule has 1 aromatic rings. The largest absolute Gasteiger partial charge is 0.399 e. The molecule has 0 saturated heterocycles. The van der Waals surface area contributed by atoms with Gasteiger partial charge in [-0.2, -0.15) is 0 Å². The number of anilines is 2. The predicted octanol–water partition coefficient (Wildman–Crippen LogP) is 2.75. The second-order valence-electron chi connectivity index (χ2n) is 4.72. The van der Waals surface area contributed by atoms with E-state index in [2.05, 4.69) is 31.3 Å². The van der Waals surface area contributed by atoms with Crippen LogP contribution in [0.4, 0.5) is 11.4 Å². The Hall–Kier alpha value is -1.18. The molecule has 3 N–H and O–H groups in total. The van der Waals surface area contributed by atoms with Crippen LogP contribution in [0.15, 0.2) is 18.2 Å². The molecule has 14 heavy (non-hydrogen) atoms. The van der Waals surface area contributed by atoms with Crippen molar-refractivity contribution in [2.75, 3.05) is 17.6 Å². The van der Waals surface area contributed by atoms with E-state index in [-0.39, 0.29) is 5.41 Å². The van der Waals surface area contributed by atoms with E-state index >= 15 is 0 Å². The lowest BCUT2D eigenvalue weighted by Crippen LogP contribution is -2.16. The maximum Gasteiger partial charge on any atom is 0.0379 e. The second-order valence-corrected chi connectivity index (χ2v) is 4.72. The summed E-state index contributed by atoms with van der Waals surface area (Å²) in [7, 11) is 0. The molecule has 0 fully saturated rings. The molecule has 2 heteroatoms. The summed E-state index contributed by atoms with van der Waals surface area (Å²) in [4.78, 5) is 0. The van der Waals surface area contributed by atoms with Crippen LogP contribution in [0.5, 0.6) is 0 Å². The summed E-state index contributed by atoms with van der Waals surface area (Å²) in [6.45, 7) is 5.65. The topological polar surface area (TPSA) is 38.0 Å². The van der Waals surface area contributed by atoms with Gasteiger partial charge in [-0.25, -0.2) is 0 Å². The van der Waals surface area contributed by atoms with Gasteiger partial charge in [-0.15, -0.1) is 0 Å². The average molecular weight is 190 g/mol. The summed E-state index contributed by atoms with van der Waals surface area (Å²) >= 11 is 0. The van der Waals surface area contributed by atoms with Crippen molar-refractivity contribution in [3.8, 4) is 0 Å². The maximum atomic E-state index is 5.83. The molecule has 0 unspecified atom stereocenters. The zero-order chi connectivity index (χ0) is 10.2. The Kier molecular flexibility index (Phi) is 2.14. The Balaban J connectivity index is 2.52. The van der Waals surface area contributed by atoms with Gasteiger partial charge in [0.15, 0.2) is 0 Å². The molecular weight excluding hydrogens is 172 g/mol. The second kappa shape index (κ2) is 3.19. The number of hydrogen-bond donors (Lipinski definition) is 2. The number of hydrogen-bond acceptors (Lipinski definition) is 2. The van der Waals surface area contributed by atoms with Crippen molar-refractivity contribution in [3.63, 3.8) is 0 Å². The molecule has 1 heterocycles. The van der Waals surface area contributed by atoms with E-state index in [0.717, 1.165) is 12.2 Å². The number of nitrogens with one attached hydrogen (secondary N) is 1. The molecular formula is C12H18N2. The normalized spacial score (nSPS) is 19.3. The molecule has 0 atom stereocenters. The molecule has 0 aromatic heterocycles. The van der Waals surface area contributed by atoms with Gasteiger partial charge in [-0.3, -0.25) is 0 Å². The van der Waals surface area contributed by atoms with E-state index in [1.807, 2.05) is 6.07 Å². The molecule has 0 amide bonds. The Morgan fingerprint density at radius 3 is 2.93 bits per heavy atom. The minimum Gasteiger partial charge on any atom is -0.399 e. The lowest BCUT2D eigenvalue weighted by atomic mass is 9.80. The van der Waals surface area contributed by atoms with Gasteiger partial charge in [0, 0.05) is 17.9 Å². The van der Waals surface area contributed by atoms with Crippen molar-refractivity contribution >= 4 is 11.4 Å². The molecule has 0 bridgehead atoms. The summed E-state index contributed by atoms with van der Waals surface area (Å²) < 4.78 is 0. The van der Waals surface area contributed by atoms with Crippen LogP contribution in [0.3, 0.4) is 0 Å². The number of benzene rings is 1. The standard InChI is InChI=1S/C12H18N2/c1-12(2)6-3-7-14-11-5-4-9(13)8-10(11)12/h4-5,8,14H,3,6-7,13H2,1-2H3. The first-order valence-electron chi connectivity index (χ1n) is 5.23. The molecule has 2 rings (SSSR count). The highest BCUT2D eigenvalue weighted by molar-refractivity contribution is 5.61. The van der Waals surface area contributed by atoms with Crippen molar-refractivity contribution in [2.24, 2.45) is 0 Å². The molecule has 1 aliphatic rings. The Bertz CT molecular complexity index is 342. The van der Waals surface area contributed by atoms with Gasteiger partial charge in [0.25, 0.3) is 0 Å². The van der Waals surface area contributed by atoms with Gasteiger partial charge in [0.1, 0.15) is 0 Å². The third-order valence-corrected chi connectivity index (χ3v) is 3.07. The highest BCUT2D eigenvalue weighted by atomic mass is 14.9. The smallest absolute Gasteiger partial charge is 0.0379 e. The van der Waals surface area contributed by atoms with Crippen LogP contribution >= 0.6 is 0 Å². The molecule has 76 valence electrons. The number of fused-ring (bicyclic) bond motifs is 1. The van der Waals surface area contributed by atoms with Gasteiger partial charge in [0.2, 0.25) is 0 Å². The van der Waals surface area contributed by atoms with Gasteiger partial charge < -0.3 is 11.1 Å². The third-order valence-electron chi connectivity index (χ3n) is 3.07. The van der Waals surface area contributed by atoms with Crippen LogP contribution in [0.2, 0.25) is 0 Å². The van der Waals surface area contributed by atoms with Gasteiger partial charge in [0.05, 0.1) is 0 Å². The van der Waals surface area contributed by atoms with E-state index < -0.39 is 0 Å². The monoisotopic (exact) mass is 190 g/mol. The zero-order valence-corrected chi connectivity index (χ0v) is 8.93. The van der Waals surface area contributed by atoms with E-state index in [1.165, 1.54) is 24.1 Å². The van der Waals surface area contributed by atoms with Gasteiger partial charge in [-0.1, -0.05) is 13.8 Å². The maximum absolute atomic E-state index is 5.83. The average Bonchev–Trinajstić information content (AvgIpc) is 2.26. The fourth-order valence-corrected chi connectivity index (χ4v) is 2.16. The number of rotatable bonds is 0. The fourth-order valence-electron chi connectivity index (χ4n) is 2.16. The van der Waals surface area contributed by atoms with E-state index in [0.29, 0.717) is 0 Å². The zero-order valence-electron chi connectivity index (χ0n) is 8.93. The van der Waals surface area contributed by atoms with Gasteiger partial charge >= 0.3 is 0 Å². The predicted molar refractivity (Wildman–Crippen MR) is 61.6 cm³/mol. The summed E-state index contributed by atoms with van der Waals surface area (Å²) in [5.74, 6) is 0. The number of nitrogen functional groups attached to an aromatic ring is 1. The summed E-state index contributed by atoms with van der Waals surface area (Å²) in [5, 5.41) is 3.45. The van der Waals surface area contributed by atoms with Crippen molar-refractivity contribution < 1.29 is 0 Å². The molecule has 0 saturated carbocycles. The molecule has 1 aromatic carbocycles. The summed E-state index contributed by atoms with van der Waals surface area (Å²) in [5.41, 5.74) is 9.54. The quantitative estimate of drug-likeness (QED) is 0.617. The minimum atomic E-state index is 0.244. The molecule has 2 nitrogen and oxygen atoms in total. The van der Waals surface area contributed by atoms with Crippen molar-refractivity contribution in [1.82, 2.24) is 0 Å². The van der Waals surface area contributed by atoms with Crippen molar-refractivity contribution in [2.45, 2.75) is 32.1 Å². The van der Waals surface area contributed by atoms with E-state index in [1.54, 1.807) is 0 Å². The first kappa shape index (κ1) is 9.38. The fraction of sp³-hybridized carbons (Fsp3) is 0.500. The third kappa shape index (κ3) is 1.57. The summed E-state index contributed by atoms with van der Waals surface area (Å²) in [6, 6.07) is 6.17. The van der Waals surface area contributed by atoms with E-state index in [9.17, 15) is 0 Å². The first-order valence-corrected chi connectivity index (χ1v) is 5.23. The van der Waals surface area contributed by atoms with E-state index in [4.69, 9.17) is 5.73 Å². The molecule has 0 aliphatic carbocycles. The van der Waals surface area contributed by atoms with Crippen molar-refractivity contribution in [1.29, 1.82) is 0 Å². The van der Waals surface area contributed by atoms with Crippen LogP contribution in [0.25, 0.3) is 0 Å². The van der Waals surface area contributed by atoms with Crippen LogP contribution < -0.4 is 11.1 Å². The minimum absolute atomic E-state index is 0.244. The SMILES string of the molecule is CC1(C)CCCNc2ccc(N)cc21. The Morgan fingerprint density at radius 2 is 2.14 bits per heavy atom. The lowest BCUT2D eigenvalue weighted by Gasteiger charge is -2.25. The molecule has 1 aliphatic heterocycles. The Morgan fingerprint density at radius 1 is 1.36 bits per heavy atom. The number of nitrogens with two attached hydrogens (primary N) is 1. The molecule has 0 radical (unpaired) electrons. The van der Waals surface area contributed by atoms with Crippen LogP contribution in [0.1, 0.15) is 32.3 Å². The lowest BCUT2D eigenvalue weighted by molar-refractivity contribution is 0.479. The van der Waals surface area contributed by atoms with Gasteiger partial charge in [-0.05, 0) is 42.0 Å². The highest BCUT2D eigenvalue weighted by Crippen LogP contribution is 2.37. The van der Waals surface area contributed by atoms with Crippen molar-refractivity contribution in [3.05, 3.63) is 23.8 Å². The first-order chi connectivity index (χ1) is 6.59. The van der Waals surface area contributed by atoms with Crippen LogP contribution in [0, 0.1) is 0 Å². The highest BCUT2D eigenvalue weighted by Gasteiger charge is 2.25. The summed E-state index contributed by atoms with van der Waals surface area (Å²) in [6.07, 6.45) is 2.44.